The van der Waals surface area contributed by atoms with E-state index in [0.717, 1.165) is 16.8 Å². The van der Waals surface area contributed by atoms with Crippen LogP contribution in [-0.4, -0.2) is 54.3 Å². The van der Waals surface area contributed by atoms with Gasteiger partial charge < -0.3 is 31.5 Å². The zero-order valence-electron chi connectivity index (χ0n) is 21.4. The number of amides is 1. The number of nitrogens with two attached hydrogens (primary N) is 1. The van der Waals surface area contributed by atoms with Crippen LogP contribution in [0.15, 0.2) is 65.8 Å². The molecule has 208 valence electrons. The molecule has 0 bridgehead atoms. The zero-order valence-corrected chi connectivity index (χ0v) is 21.4. The fourth-order valence-corrected chi connectivity index (χ4v) is 3.22. The van der Waals surface area contributed by atoms with Gasteiger partial charge in [-0.3, -0.25) is 9.59 Å². The number of rotatable bonds is 8. The predicted molar refractivity (Wildman–Crippen MR) is 143 cm³/mol. The molecule has 0 saturated carbocycles. The first kappa shape index (κ1) is 30.4. The van der Waals surface area contributed by atoms with Crippen molar-refractivity contribution in [1.82, 2.24) is 10.3 Å². The van der Waals surface area contributed by atoms with Crippen molar-refractivity contribution in [2.24, 2.45) is 10.7 Å². The Morgan fingerprint density at radius 1 is 1.13 bits per heavy atom. The number of hydrogen-bond acceptors (Lipinski definition) is 6. The molecule has 0 fully saturated rings. The van der Waals surface area contributed by atoms with E-state index >= 15 is 0 Å². The Bertz CT molecular complexity index is 1260. The Balaban J connectivity index is 0.00000170. The first-order chi connectivity index (χ1) is 18.4. The molecule has 6 N–H and O–H groups in total. The largest absolute Gasteiger partial charge is 0.495 e. The molecule has 0 spiro atoms. The molecule has 3 rings (SSSR count). The summed E-state index contributed by atoms with van der Waals surface area (Å²) in [6.07, 6.45) is -2.82. The van der Waals surface area contributed by atoms with Crippen LogP contribution in [0.25, 0.3) is 11.1 Å². The second-order valence-corrected chi connectivity index (χ2v) is 8.22. The molecule has 0 aliphatic carbocycles. The number of carbonyl (C=O) groups is 2. The number of alkyl halides is 3. The highest BCUT2D eigenvalue weighted by Gasteiger charge is 2.28. The second-order valence-electron chi connectivity index (χ2n) is 8.22. The highest BCUT2D eigenvalue weighted by Crippen LogP contribution is 2.26. The average Bonchev–Trinajstić information content (AvgIpc) is 2.88. The van der Waals surface area contributed by atoms with Gasteiger partial charge in [0.1, 0.15) is 12.3 Å². The topological polar surface area (TPSA) is 151 Å². The Kier molecular flexibility index (Phi) is 11.1. The number of aliphatic imine (C=N–C) groups is 1. The smallest absolute Gasteiger partial charge is 0.405 e. The van der Waals surface area contributed by atoms with E-state index in [-0.39, 0.29) is 23.7 Å². The summed E-state index contributed by atoms with van der Waals surface area (Å²) in [7, 11) is 1.36. The van der Waals surface area contributed by atoms with E-state index in [1.807, 2.05) is 35.6 Å². The van der Waals surface area contributed by atoms with Crippen molar-refractivity contribution in [2.45, 2.75) is 26.1 Å². The van der Waals surface area contributed by atoms with Crippen molar-refractivity contribution in [3.63, 3.8) is 0 Å². The first-order valence-electron chi connectivity index (χ1n) is 11.5. The van der Waals surface area contributed by atoms with Crippen LogP contribution < -0.4 is 26.4 Å². The van der Waals surface area contributed by atoms with Gasteiger partial charge >= 0.3 is 6.18 Å². The molecule has 10 nitrogen and oxygen atoms in total. The predicted octanol–water partition coefficient (Wildman–Crippen LogP) is 4.63. The number of hydrogen-bond donors (Lipinski definition) is 5. The van der Waals surface area contributed by atoms with Gasteiger partial charge in [0.25, 0.3) is 12.4 Å². The van der Waals surface area contributed by atoms with E-state index < -0.39 is 18.6 Å². The molecule has 0 saturated heterocycles. The highest BCUT2D eigenvalue weighted by molar-refractivity contribution is 5.98. The van der Waals surface area contributed by atoms with Crippen molar-refractivity contribution in [3.05, 3.63) is 66.4 Å². The van der Waals surface area contributed by atoms with E-state index in [1.54, 1.807) is 12.3 Å². The maximum absolute atomic E-state index is 12.3. The first-order valence-corrected chi connectivity index (χ1v) is 11.5. The Morgan fingerprint density at radius 2 is 1.77 bits per heavy atom. The van der Waals surface area contributed by atoms with Gasteiger partial charge in [-0.2, -0.15) is 18.2 Å². The third kappa shape index (κ3) is 10.2. The molecule has 0 aliphatic heterocycles. The van der Waals surface area contributed by atoms with Crippen LogP contribution in [0, 0.1) is 0 Å². The summed E-state index contributed by atoms with van der Waals surface area (Å²) in [5.74, 6) is -0.309. The number of halogens is 3. The maximum Gasteiger partial charge on any atom is 0.405 e. The molecule has 0 radical (unpaired) electrons. The second kappa shape index (κ2) is 14.2. The number of anilines is 2. The van der Waals surface area contributed by atoms with Crippen LogP contribution in [0.1, 0.15) is 24.2 Å². The van der Waals surface area contributed by atoms with Gasteiger partial charge in [-0.05, 0) is 61.9 Å². The number of nitrogens with zero attached hydrogens (tertiary/aromatic N) is 2. The lowest BCUT2D eigenvalue weighted by molar-refractivity contribution is -0.123. The molecule has 0 aliphatic rings. The van der Waals surface area contributed by atoms with Gasteiger partial charge in [0.2, 0.25) is 0 Å². The lowest BCUT2D eigenvalue weighted by Crippen LogP contribution is -2.33. The Hall–Kier alpha value is -4.81. The minimum Gasteiger partial charge on any atom is -0.495 e. The molecule has 1 aromatic heterocycles. The van der Waals surface area contributed by atoms with Gasteiger partial charge in [0, 0.05) is 29.1 Å². The fourth-order valence-electron chi connectivity index (χ4n) is 3.22. The molecule has 2 aromatic carbocycles. The van der Waals surface area contributed by atoms with Crippen LogP contribution in [0.4, 0.5) is 30.4 Å². The minimum atomic E-state index is -4.51. The summed E-state index contributed by atoms with van der Waals surface area (Å²) >= 11 is 0. The van der Waals surface area contributed by atoms with Crippen molar-refractivity contribution in [1.29, 1.82) is 0 Å². The van der Waals surface area contributed by atoms with E-state index in [0.29, 0.717) is 17.5 Å². The number of aromatic nitrogens is 1. The van der Waals surface area contributed by atoms with Crippen LogP contribution in [0.2, 0.25) is 0 Å². The normalized spacial score (nSPS) is 11.2. The van der Waals surface area contributed by atoms with Gasteiger partial charge in [0.05, 0.1) is 12.8 Å². The number of benzene rings is 2. The number of ether oxygens (including phenoxy) is 1. The van der Waals surface area contributed by atoms with Crippen molar-refractivity contribution < 1.29 is 32.6 Å². The van der Waals surface area contributed by atoms with Gasteiger partial charge in [-0.1, -0.05) is 12.1 Å². The van der Waals surface area contributed by atoms with Gasteiger partial charge in [-0.25, -0.2) is 4.98 Å². The maximum atomic E-state index is 12.3. The molecule has 3 aromatic rings. The number of nitrogens with one attached hydrogen (secondary N) is 3. The van der Waals surface area contributed by atoms with Crippen LogP contribution >= 0.6 is 0 Å². The number of pyridine rings is 1. The van der Waals surface area contributed by atoms with E-state index in [4.69, 9.17) is 20.4 Å². The van der Waals surface area contributed by atoms with Crippen molar-refractivity contribution >= 4 is 35.5 Å². The summed E-state index contributed by atoms with van der Waals surface area (Å²) in [6, 6.07) is 16.0. The van der Waals surface area contributed by atoms with Crippen LogP contribution in [-0.2, 0) is 4.79 Å². The third-order valence-corrected chi connectivity index (χ3v) is 4.83. The summed E-state index contributed by atoms with van der Waals surface area (Å²) in [4.78, 5) is 28.9. The van der Waals surface area contributed by atoms with Gasteiger partial charge in [0.15, 0.2) is 11.8 Å². The minimum absolute atomic E-state index is 0.00226. The molecule has 13 heteroatoms. The summed E-state index contributed by atoms with van der Waals surface area (Å²) in [5.41, 5.74) is 9.32. The average molecular weight is 547 g/mol. The molecular weight excluding hydrogens is 517 g/mol. The van der Waals surface area contributed by atoms with Crippen molar-refractivity contribution in [2.75, 3.05) is 24.3 Å². The lowest BCUT2D eigenvalue weighted by atomic mass is 10.1. The Morgan fingerprint density at radius 3 is 2.31 bits per heavy atom. The van der Waals surface area contributed by atoms with Gasteiger partial charge in [-0.15, -0.1) is 0 Å². The van der Waals surface area contributed by atoms with Crippen LogP contribution in [0.3, 0.4) is 0 Å². The molecule has 1 amide bonds. The Labute approximate surface area is 223 Å². The highest BCUT2D eigenvalue weighted by atomic mass is 19.4. The summed E-state index contributed by atoms with van der Waals surface area (Å²) < 4.78 is 42.3. The molecule has 0 atom stereocenters. The lowest BCUT2D eigenvalue weighted by Gasteiger charge is -2.13. The molecular formula is C26H29F3N6O4. The van der Waals surface area contributed by atoms with Crippen molar-refractivity contribution in [3.8, 4) is 16.9 Å². The molecule has 1 heterocycles. The van der Waals surface area contributed by atoms with E-state index in [9.17, 15) is 18.0 Å². The monoisotopic (exact) mass is 546 g/mol. The zero-order chi connectivity index (χ0) is 29.0. The summed E-state index contributed by atoms with van der Waals surface area (Å²) in [6.45, 7) is 2.47. The summed E-state index contributed by atoms with van der Waals surface area (Å²) in [5, 5.41) is 14.9. The van der Waals surface area contributed by atoms with E-state index in [2.05, 4.69) is 34.5 Å². The SMILES string of the molecule is COc1cc(C(=O)NCC(F)(F)F)ccc1NC(N)=Nc1ccc(-c2ccc(NC(C)C)cc2)cn1.O=CO. The number of carbonyl (C=O) groups excluding carboxylic acids is 1. The number of carboxylic acid groups (broad SMARTS) is 1. The molecule has 0 unspecified atom stereocenters. The standard InChI is InChI=1S/C25H27F3N6O2.CH2O2/c1-15(2)32-19-8-4-16(5-9-19)18-7-11-22(30-13-18)34-24(29)33-20-10-6-17(12-21(20)36-3)23(35)31-14-25(26,27)28;2-1-3/h4-13,15,32H,14H2,1-3H3,(H,31,35)(H3,29,30,33,34);1H,(H,2,3). The number of methoxy groups -OCH3 is 1. The molecule has 39 heavy (non-hydrogen) atoms. The third-order valence-electron chi connectivity index (χ3n) is 4.83. The van der Waals surface area contributed by atoms with Crippen LogP contribution in [0.5, 0.6) is 5.75 Å². The quantitative estimate of drug-likeness (QED) is 0.156. The number of guanidine groups is 1. The fraction of sp³-hybridized carbons (Fsp3) is 0.231. The van der Waals surface area contributed by atoms with E-state index in [1.165, 1.54) is 25.3 Å².